The van der Waals surface area contributed by atoms with Gasteiger partial charge in [-0.3, -0.25) is 14.5 Å². The molecule has 2 atom stereocenters. The Balaban J connectivity index is 1.64. The van der Waals surface area contributed by atoms with Crippen molar-refractivity contribution in [2.75, 3.05) is 26.2 Å². The molecule has 0 bridgehead atoms. The molecule has 146 valence electrons. The van der Waals surface area contributed by atoms with Gasteiger partial charge in [0.2, 0.25) is 5.91 Å². The van der Waals surface area contributed by atoms with E-state index in [9.17, 15) is 9.59 Å². The first-order chi connectivity index (χ1) is 13.0. The highest BCUT2D eigenvalue weighted by molar-refractivity contribution is 9.10. The second-order valence-electron chi connectivity index (χ2n) is 6.67. The van der Waals surface area contributed by atoms with Crippen LogP contribution in [0.25, 0.3) is 0 Å². The van der Waals surface area contributed by atoms with Crippen LogP contribution in [0, 0.1) is 0 Å². The fraction of sp³-hybridized carbons (Fsp3) is 0.500. The van der Waals surface area contributed by atoms with E-state index in [0.29, 0.717) is 23.2 Å². The molecule has 1 saturated heterocycles. The zero-order valence-corrected chi connectivity index (χ0v) is 17.4. The lowest BCUT2D eigenvalue weighted by Crippen LogP contribution is -2.56. The van der Waals surface area contributed by atoms with E-state index in [1.165, 1.54) is 0 Å². The molecule has 27 heavy (non-hydrogen) atoms. The van der Waals surface area contributed by atoms with E-state index in [2.05, 4.69) is 48.9 Å². The summed E-state index contributed by atoms with van der Waals surface area (Å²) in [6.07, 6.45) is 2.22. The third-order valence-corrected chi connectivity index (χ3v) is 6.35. The van der Waals surface area contributed by atoms with Gasteiger partial charge >= 0.3 is 0 Å². The van der Waals surface area contributed by atoms with Crippen LogP contribution in [-0.2, 0) is 4.79 Å². The van der Waals surface area contributed by atoms with Crippen molar-refractivity contribution >= 4 is 45.2 Å². The fourth-order valence-corrected chi connectivity index (χ4v) is 4.10. The molecule has 0 spiro atoms. The van der Waals surface area contributed by atoms with E-state index in [0.717, 1.165) is 25.9 Å². The van der Waals surface area contributed by atoms with Crippen molar-refractivity contribution in [1.29, 1.82) is 0 Å². The van der Waals surface area contributed by atoms with E-state index in [1.54, 1.807) is 24.3 Å². The van der Waals surface area contributed by atoms with Crippen LogP contribution in [-0.4, -0.2) is 59.1 Å². The lowest BCUT2D eigenvalue weighted by atomic mass is 10.1. The van der Waals surface area contributed by atoms with Crippen molar-refractivity contribution in [3.05, 3.63) is 34.9 Å². The minimum Gasteiger partial charge on any atom is -0.353 e. The van der Waals surface area contributed by atoms with Crippen molar-refractivity contribution in [1.82, 2.24) is 21.0 Å². The Hall–Kier alpha value is -1.64. The average molecular weight is 457 g/mol. The number of likely N-dealkylation sites (N-methyl/N-ethyl adjacent to an activating group) is 1. The second kappa shape index (κ2) is 8.58. The van der Waals surface area contributed by atoms with E-state index in [-0.39, 0.29) is 18.3 Å². The van der Waals surface area contributed by atoms with E-state index < -0.39 is 10.2 Å². The number of amidine groups is 1. The van der Waals surface area contributed by atoms with Gasteiger partial charge < -0.3 is 16.1 Å². The van der Waals surface area contributed by atoms with Crippen LogP contribution >= 0.6 is 27.5 Å². The summed E-state index contributed by atoms with van der Waals surface area (Å²) in [6.45, 7) is 4.99. The van der Waals surface area contributed by atoms with Crippen LogP contribution in [0.1, 0.15) is 30.1 Å². The van der Waals surface area contributed by atoms with Gasteiger partial charge in [-0.1, -0.05) is 46.6 Å². The Labute approximate surface area is 172 Å². The molecule has 7 nitrogen and oxygen atoms in total. The Bertz CT molecular complexity index is 759. The fourth-order valence-electron chi connectivity index (χ4n) is 3.43. The topological polar surface area (TPSA) is 85.8 Å². The molecule has 2 heterocycles. The highest BCUT2D eigenvalue weighted by Gasteiger charge is 2.46. The summed E-state index contributed by atoms with van der Waals surface area (Å²) in [5.74, 6) is -0.412. The summed E-state index contributed by atoms with van der Waals surface area (Å²) in [7, 11) is 0. The number of alkyl halides is 1. The van der Waals surface area contributed by atoms with Gasteiger partial charge in [-0.2, -0.15) is 5.10 Å². The van der Waals surface area contributed by atoms with Gasteiger partial charge in [0.05, 0.1) is 17.1 Å². The molecular formula is C18H23BrClN5O2. The summed E-state index contributed by atoms with van der Waals surface area (Å²) in [5, 5.41) is 10.1. The molecule has 1 aromatic rings. The van der Waals surface area contributed by atoms with Gasteiger partial charge in [-0.15, -0.1) is 0 Å². The summed E-state index contributed by atoms with van der Waals surface area (Å²) in [5.41, 5.74) is 3.11. The number of carbonyl (C=O) groups is 2. The number of hydrogen-bond donors (Lipinski definition) is 3. The third kappa shape index (κ3) is 4.28. The Morgan fingerprint density at radius 3 is 2.96 bits per heavy atom. The lowest BCUT2D eigenvalue weighted by Gasteiger charge is -2.26. The molecule has 3 rings (SSSR count). The smallest absolute Gasteiger partial charge is 0.258 e. The summed E-state index contributed by atoms with van der Waals surface area (Å²) < 4.78 is -1.13. The average Bonchev–Trinajstić information content (AvgIpc) is 3.27. The van der Waals surface area contributed by atoms with Gasteiger partial charge in [0.25, 0.3) is 5.91 Å². The largest absolute Gasteiger partial charge is 0.353 e. The van der Waals surface area contributed by atoms with Gasteiger partial charge in [0.1, 0.15) is 0 Å². The first-order valence-corrected chi connectivity index (χ1v) is 10.2. The molecule has 2 aliphatic rings. The molecule has 9 heteroatoms. The number of nitrogens with zero attached hydrogens (tertiary/aromatic N) is 2. The van der Waals surface area contributed by atoms with Crippen molar-refractivity contribution in [2.45, 2.75) is 30.1 Å². The standard InChI is InChI=1S/C18H23BrClN5O2/c1-2-25-9-5-6-12(25)10-21-17(27)18(19)11-22-24-16(18)23-15(26)13-7-3-4-8-14(13)20/h3-4,7-8,12,22H,2,5-6,9-11H2,1H3,(H,21,27)(H,23,24,26). The number of benzene rings is 1. The van der Waals surface area contributed by atoms with Crippen LogP contribution < -0.4 is 16.1 Å². The number of carbonyl (C=O) groups excluding carboxylic acids is 2. The zero-order valence-electron chi connectivity index (χ0n) is 15.1. The lowest BCUT2D eigenvalue weighted by molar-refractivity contribution is -0.121. The van der Waals surface area contributed by atoms with Crippen LogP contribution in [0.4, 0.5) is 0 Å². The third-order valence-electron chi connectivity index (χ3n) is 5.00. The zero-order chi connectivity index (χ0) is 19.4. The van der Waals surface area contributed by atoms with E-state index in [1.807, 2.05) is 0 Å². The first kappa shape index (κ1) is 20.1. The number of nitrogens with one attached hydrogen (secondary N) is 3. The van der Waals surface area contributed by atoms with Gasteiger partial charge in [0.15, 0.2) is 10.2 Å². The first-order valence-electron chi connectivity index (χ1n) is 9.04. The Morgan fingerprint density at radius 2 is 2.22 bits per heavy atom. The van der Waals surface area contributed by atoms with Crippen LogP contribution in [0.15, 0.2) is 29.4 Å². The molecule has 0 radical (unpaired) electrons. The molecule has 2 aliphatic heterocycles. The quantitative estimate of drug-likeness (QED) is 0.589. The van der Waals surface area contributed by atoms with Gasteiger partial charge in [0, 0.05) is 12.6 Å². The number of amides is 2. The minimum atomic E-state index is -1.13. The van der Waals surface area contributed by atoms with Gasteiger partial charge in [-0.25, -0.2) is 0 Å². The maximum Gasteiger partial charge on any atom is 0.258 e. The minimum absolute atomic E-state index is 0.226. The van der Waals surface area contributed by atoms with Crippen LogP contribution in [0.3, 0.4) is 0 Å². The van der Waals surface area contributed by atoms with Crippen molar-refractivity contribution < 1.29 is 9.59 Å². The van der Waals surface area contributed by atoms with Crippen molar-refractivity contribution in [2.24, 2.45) is 5.10 Å². The van der Waals surface area contributed by atoms with Crippen LogP contribution in [0.5, 0.6) is 0 Å². The molecule has 0 aromatic heterocycles. The highest BCUT2D eigenvalue weighted by Crippen LogP contribution is 2.24. The maximum atomic E-state index is 12.8. The number of hydrazone groups is 1. The Kier molecular flexibility index (Phi) is 6.39. The van der Waals surface area contributed by atoms with E-state index >= 15 is 0 Å². The molecule has 1 fully saturated rings. The number of halogens is 2. The van der Waals surface area contributed by atoms with Crippen molar-refractivity contribution in [3.8, 4) is 0 Å². The number of rotatable bonds is 5. The molecule has 2 unspecified atom stereocenters. The molecule has 2 amide bonds. The predicted molar refractivity (Wildman–Crippen MR) is 109 cm³/mol. The normalized spacial score (nSPS) is 25.0. The molecule has 0 aliphatic carbocycles. The monoisotopic (exact) mass is 455 g/mol. The molecule has 0 saturated carbocycles. The molecule has 1 aromatic carbocycles. The summed E-state index contributed by atoms with van der Waals surface area (Å²) in [6, 6.07) is 7.09. The van der Waals surface area contributed by atoms with Crippen molar-refractivity contribution in [3.63, 3.8) is 0 Å². The molecule has 3 N–H and O–H groups in total. The number of hydrogen-bond acceptors (Lipinski definition) is 5. The second-order valence-corrected chi connectivity index (χ2v) is 8.43. The SMILES string of the molecule is CCN1CCCC1CNC(=O)C1(Br)CNN=C1NC(=O)c1ccccc1Cl. The predicted octanol–water partition coefficient (Wildman–Crippen LogP) is 1.72. The van der Waals surface area contributed by atoms with Gasteiger partial charge in [-0.05, 0) is 38.1 Å². The summed E-state index contributed by atoms with van der Waals surface area (Å²) >= 11 is 9.55. The number of likely N-dealkylation sites (tertiary alicyclic amines) is 1. The van der Waals surface area contributed by atoms with E-state index in [4.69, 9.17) is 11.6 Å². The maximum absolute atomic E-state index is 12.8. The summed E-state index contributed by atoms with van der Waals surface area (Å²) in [4.78, 5) is 27.7. The van der Waals surface area contributed by atoms with Crippen LogP contribution in [0.2, 0.25) is 5.02 Å². The molecular weight excluding hydrogens is 434 g/mol. The Morgan fingerprint density at radius 1 is 1.44 bits per heavy atom. The highest BCUT2D eigenvalue weighted by atomic mass is 79.9.